The van der Waals surface area contributed by atoms with Crippen LogP contribution in [0.4, 0.5) is 0 Å². The molecule has 4 nitrogen and oxygen atoms in total. The normalized spacial score (nSPS) is 17.0. The van der Waals surface area contributed by atoms with Crippen molar-refractivity contribution in [1.82, 2.24) is 9.62 Å². The van der Waals surface area contributed by atoms with Crippen LogP contribution < -0.4 is 4.72 Å². The van der Waals surface area contributed by atoms with Gasteiger partial charge in [0, 0.05) is 17.6 Å². The Labute approximate surface area is 148 Å². The lowest BCUT2D eigenvalue weighted by Gasteiger charge is -2.28. The molecule has 3 rings (SSSR count). The van der Waals surface area contributed by atoms with E-state index in [1.807, 2.05) is 24.3 Å². The van der Waals surface area contributed by atoms with Crippen LogP contribution in [0.15, 0.2) is 59.5 Å². The highest BCUT2D eigenvalue weighted by atomic mass is 35.5. The van der Waals surface area contributed by atoms with Crippen LogP contribution in [0.3, 0.4) is 0 Å². The van der Waals surface area contributed by atoms with Crippen molar-refractivity contribution in [2.24, 2.45) is 0 Å². The van der Waals surface area contributed by atoms with Crippen molar-refractivity contribution in [2.75, 3.05) is 19.6 Å². The van der Waals surface area contributed by atoms with Crippen molar-refractivity contribution < 1.29 is 8.42 Å². The van der Waals surface area contributed by atoms with Gasteiger partial charge in [-0.1, -0.05) is 48.0 Å². The van der Waals surface area contributed by atoms with E-state index < -0.39 is 10.0 Å². The molecule has 1 atom stereocenters. The van der Waals surface area contributed by atoms with Crippen LogP contribution in [0.5, 0.6) is 0 Å². The second-order valence-electron chi connectivity index (χ2n) is 5.95. The molecule has 0 spiro atoms. The molecule has 2 aromatic rings. The van der Waals surface area contributed by atoms with E-state index in [-0.39, 0.29) is 10.9 Å². The van der Waals surface area contributed by atoms with E-state index in [1.165, 1.54) is 0 Å². The maximum atomic E-state index is 12.5. The predicted molar refractivity (Wildman–Crippen MR) is 96.6 cm³/mol. The zero-order chi connectivity index (χ0) is 17.0. The summed E-state index contributed by atoms with van der Waals surface area (Å²) >= 11 is 6.36. The summed E-state index contributed by atoms with van der Waals surface area (Å²) in [5, 5.41) is 0.674. The van der Waals surface area contributed by atoms with E-state index in [0.29, 0.717) is 11.6 Å². The van der Waals surface area contributed by atoms with Gasteiger partial charge in [0.1, 0.15) is 0 Å². The SMILES string of the molecule is O=S(=O)(NC[C@@H](c1ccccc1Cl)N1CCCC1)c1ccccc1. The number of sulfonamides is 1. The Bertz CT molecular complexity index is 775. The van der Waals surface area contributed by atoms with E-state index in [2.05, 4.69) is 9.62 Å². The second-order valence-corrected chi connectivity index (χ2v) is 8.12. The highest BCUT2D eigenvalue weighted by Gasteiger charge is 2.26. The summed E-state index contributed by atoms with van der Waals surface area (Å²) in [6, 6.07) is 16.0. The monoisotopic (exact) mass is 364 g/mol. The van der Waals surface area contributed by atoms with Crippen LogP contribution in [0.1, 0.15) is 24.4 Å². The van der Waals surface area contributed by atoms with E-state index >= 15 is 0 Å². The number of nitrogens with zero attached hydrogens (tertiary/aromatic N) is 1. The number of halogens is 1. The Hall–Kier alpha value is -1.40. The largest absolute Gasteiger partial charge is 0.295 e. The Balaban J connectivity index is 1.81. The Morgan fingerprint density at radius 3 is 2.29 bits per heavy atom. The average Bonchev–Trinajstić information content (AvgIpc) is 3.12. The number of rotatable bonds is 6. The number of benzene rings is 2. The van der Waals surface area contributed by atoms with Crippen LogP contribution in [-0.2, 0) is 10.0 Å². The molecule has 0 bridgehead atoms. The van der Waals surface area contributed by atoms with Crippen molar-refractivity contribution in [3.05, 3.63) is 65.2 Å². The van der Waals surface area contributed by atoms with Crippen LogP contribution >= 0.6 is 11.6 Å². The van der Waals surface area contributed by atoms with Gasteiger partial charge in [0.2, 0.25) is 10.0 Å². The Morgan fingerprint density at radius 1 is 1.00 bits per heavy atom. The molecule has 1 fully saturated rings. The van der Waals surface area contributed by atoms with E-state index in [4.69, 9.17) is 11.6 Å². The quantitative estimate of drug-likeness (QED) is 0.854. The molecule has 0 radical (unpaired) electrons. The predicted octanol–water partition coefficient (Wildman–Crippen LogP) is 3.46. The minimum Gasteiger partial charge on any atom is -0.295 e. The number of likely N-dealkylation sites (tertiary alicyclic amines) is 1. The summed E-state index contributed by atoms with van der Waals surface area (Å²) < 4.78 is 27.8. The fourth-order valence-electron chi connectivity index (χ4n) is 3.11. The van der Waals surface area contributed by atoms with Crippen LogP contribution in [0.2, 0.25) is 5.02 Å². The molecule has 128 valence electrons. The molecule has 0 aliphatic carbocycles. The van der Waals surface area contributed by atoms with Crippen LogP contribution in [0.25, 0.3) is 0 Å². The third kappa shape index (κ3) is 3.98. The number of hydrogen-bond donors (Lipinski definition) is 1. The molecule has 1 aliphatic heterocycles. The van der Waals surface area contributed by atoms with Crippen molar-refractivity contribution in [1.29, 1.82) is 0 Å². The minimum atomic E-state index is -3.53. The lowest BCUT2D eigenvalue weighted by molar-refractivity contribution is 0.246. The van der Waals surface area contributed by atoms with Gasteiger partial charge in [-0.2, -0.15) is 0 Å². The van der Waals surface area contributed by atoms with Crippen molar-refractivity contribution in [3.8, 4) is 0 Å². The second kappa shape index (κ2) is 7.66. The molecule has 1 N–H and O–H groups in total. The molecule has 24 heavy (non-hydrogen) atoms. The summed E-state index contributed by atoms with van der Waals surface area (Å²) in [5.41, 5.74) is 0.969. The van der Waals surface area contributed by atoms with Gasteiger partial charge in [0.25, 0.3) is 0 Å². The van der Waals surface area contributed by atoms with Crippen molar-refractivity contribution >= 4 is 21.6 Å². The topological polar surface area (TPSA) is 49.4 Å². The lowest BCUT2D eigenvalue weighted by Crippen LogP contribution is -2.37. The van der Waals surface area contributed by atoms with Gasteiger partial charge >= 0.3 is 0 Å². The van der Waals surface area contributed by atoms with Gasteiger partial charge in [-0.25, -0.2) is 13.1 Å². The fourth-order valence-corrected chi connectivity index (χ4v) is 4.43. The molecule has 1 aliphatic rings. The van der Waals surface area contributed by atoms with Gasteiger partial charge in [0.05, 0.1) is 4.90 Å². The molecule has 1 saturated heterocycles. The number of hydrogen-bond acceptors (Lipinski definition) is 3. The Kier molecular flexibility index (Phi) is 5.56. The fraction of sp³-hybridized carbons (Fsp3) is 0.333. The summed E-state index contributed by atoms with van der Waals surface area (Å²) in [7, 11) is -3.53. The van der Waals surface area contributed by atoms with E-state index in [0.717, 1.165) is 31.5 Å². The molecular weight excluding hydrogens is 344 g/mol. The molecular formula is C18H21ClN2O2S. The first-order chi connectivity index (χ1) is 11.6. The zero-order valence-electron chi connectivity index (χ0n) is 13.4. The summed E-state index contributed by atoms with van der Waals surface area (Å²) in [6.07, 6.45) is 2.26. The molecule has 1 heterocycles. The van der Waals surface area contributed by atoms with Crippen LogP contribution in [-0.4, -0.2) is 33.0 Å². The first-order valence-electron chi connectivity index (χ1n) is 8.11. The summed E-state index contributed by atoms with van der Waals surface area (Å²) in [6.45, 7) is 2.23. The van der Waals surface area contributed by atoms with Crippen LogP contribution in [0, 0.1) is 0 Å². The van der Waals surface area contributed by atoms with Crippen molar-refractivity contribution in [3.63, 3.8) is 0 Å². The molecule has 0 unspecified atom stereocenters. The van der Waals surface area contributed by atoms with Gasteiger partial charge in [-0.3, -0.25) is 4.90 Å². The zero-order valence-corrected chi connectivity index (χ0v) is 14.9. The highest BCUT2D eigenvalue weighted by Crippen LogP contribution is 2.30. The standard InChI is InChI=1S/C18H21ClN2O2S/c19-17-11-5-4-10-16(17)18(21-12-6-7-13-21)14-20-24(22,23)15-8-2-1-3-9-15/h1-5,8-11,18,20H,6-7,12-14H2/t18-/m0/s1. The Morgan fingerprint density at radius 2 is 1.62 bits per heavy atom. The summed E-state index contributed by atoms with van der Waals surface area (Å²) in [5.74, 6) is 0. The maximum absolute atomic E-state index is 12.5. The van der Waals surface area contributed by atoms with E-state index in [9.17, 15) is 8.42 Å². The van der Waals surface area contributed by atoms with Gasteiger partial charge < -0.3 is 0 Å². The van der Waals surface area contributed by atoms with E-state index in [1.54, 1.807) is 30.3 Å². The lowest BCUT2D eigenvalue weighted by atomic mass is 10.1. The summed E-state index contributed by atoms with van der Waals surface area (Å²) in [4.78, 5) is 2.58. The first-order valence-corrected chi connectivity index (χ1v) is 9.97. The minimum absolute atomic E-state index is 0.0558. The third-order valence-electron chi connectivity index (χ3n) is 4.37. The molecule has 6 heteroatoms. The van der Waals surface area contributed by atoms with Gasteiger partial charge in [-0.15, -0.1) is 0 Å². The van der Waals surface area contributed by atoms with Gasteiger partial charge in [-0.05, 0) is 49.7 Å². The highest BCUT2D eigenvalue weighted by molar-refractivity contribution is 7.89. The molecule has 0 amide bonds. The molecule has 0 aromatic heterocycles. The third-order valence-corrected chi connectivity index (χ3v) is 6.15. The van der Waals surface area contributed by atoms with Crippen molar-refractivity contribution in [2.45, 2.75) is 23.8 Å². The average molecular weight is 365 g/mol. The smallest absolute Gasteiger partial charge is 0.240 e. The van der Waals surface area contributed by atoms with Gasteiger partial charge in [0.15, 0.2) is 0 Å². The molecule has 2 aromatic carbocycles. The first kappa shape index (κ1) is 17.4. The maximum Gasteiger partial charge on any atom is 0.240 e. The number of nitrogens with one attached hydrogen (secondary N) is 1. The molecule has 0 saturated carbocycles.